The van der Waals surface area contributed by atoms with Gasteiger partial charge in [-0.05, 0) is 80.3 Å². The second-order valence-electron chi connectivity index (χ2n) is 13.0. The SMILES string of the molecule is CC1CCc2cn(nn2)Cc2c(c(F)cc3[nH]ccc23)Oc2ccc(F)c(c2)-c2ncc([nH]2)C(C)(c2cccc(CCC(=O)O)c2)CC1. The van der Waals surface area contributed by atoms with Crippen LogP contribution in [0, 0.1) is 17.6 Å². The summed E-state index contributed by atoms with van der Waals surface area (Å²) < 4.78 is 39.0. The second-order valence-corrected chi connectivity index (χ2v) is 13.0. The Balaban J connectivity index is 1.33. The molecule has 1 aliphatic heterocycles. The number of nitrogens with one attached hydrogen (secondary N) is 2. The molecule has 3 aromatic carbocycles. The summed E-state index contributed by atoms with van der Waals surface area (Å²) in [4.78, 5) is 22.4. The van der Waals surface area contributed by atoms with Gasteiger partial charge in [-0.15, -0.1) is 5.10 Å². The maximum Gasteiger partial charge on any atom is 0.303 e. The molecule has 0 radical (unpaired) electrons. The molecule has 3 N–H and O–H groups in total. The van der Waals surface area contributed by atoms with Crippen LogP contribution in [-0.2, 0) is 29.6 Å². The number of aromatic nitrogens is 6. The predicted molar refractivity (Wildman–Crippen MR) is 177 cm³/mol. The van der Waals surface area contributed by atoms with Crippen LogP contribution >= 0.6 is 0 Å². The lowest BCUT2D eigenvalue weighted by Crippen LogP contribution is -2.25. The minimum atomic E-state index is -0.845. The maximum atomic E-state index is 15.7. The van der Waals surface area contributed by atoms with Gasteiger partial charge >= 0.3 is 5.97 Å². The van der Waals surface area contributed by atoms with Crippen molar-refractivity contribution in [2.45, 2.75) is 64.3 Å². The standard InChI is InChI=1S/C37H36F2N6O3/c1-22-6-8-25-20-45(44-43-25)21-29-27-13-15-40-32(27)18-31(39)35(29)48-26-9-10-30(38)28(17-26)36-41-19-33(42-36)37(2,14-12-22)24-5-3-4-23(16-24)7-11-34(46)47/h3-5,9-10,13,15-20,22,40H,6-8,11-12,14,21H2,1-2H3,(H,41,42)(H,46,47). The Morgan fingerprint density at radius 1 is 1.12 bits per heavy atom. The lowest BCUT2D eigenvalue weighted by Gasteiger charge is -2.31. The van der Waals surface area contributed by atoms with E-state index in [-0.39, 0.29) is 30.0 Å². The molecule has 7 rings (SSSR count). The minimum absolute atomic E-state index is 0.0266. The summed E-state index contributed by atoms with van der Waals surface area (Å²) in [6.07, 6.45) is 9.10. The van der Waals surface area contributed by atoms with E-state index >= 15 is 8.78 Å². The van der Waals surface area contributed by atoms with Crippen LogP contribution in [-0.4, -0.2) is 41.0 Å². The third-order valence-electron chi connectivity index (χ3n) is 9.58. The summed E-state index contributed by atoms with van der Waals surface area (Å²) in [7, 11) is 0. The highest BCUT2D eigenvalue weighted by molar-refractivity contribution is 5.85. The summed E-state index contributed by atoms with van der Waals surface area (Å²) >= 11 is 0. The fraction of sp³-hybridized carbons (Fsp3) is 0.297. The molecule has 6 aromatic rings. The lowest BCUT2D eigenvalue weighted by molar-refractivity contribution is -0.136. The average Bonchev–Trinajstić information content (AvgIpc) is 3.86. The van der Waals surface area contributed by atoms with Gasteiger partial charge in [0.25, 0.3) is 0 Å². The monoisotopic (exact) mass is 650 g/mol. The van der Waals surface area contributed by atoms with Gasteiger partial charge in [0.15, 0.2) is 11.6 Å². The van der Waals surface area contributed by atoms with Gasteiger partial charge in [0.05, 0.1) is 17.8 Å². The Morgan fingerprint density at radius 3 is 2.85 bits per heavy atom. The van der Waals surface area contributed by atoms with Crippen LogP contribution in [0.4, 0.5) is 8.78 Å². The molecule has 1 aliphatic rings. The van der Waals surface area contributed by atoms with Gasteiger partial charge in [-0.2, -0.15) is 0 Å². The second kappa shape index (κ2) is 12.7. The number of fused-ring (bicyclic) bond motifs is 10. The summed E-state index contributed by atoms with van der Waals surface area (Å²) in [5, 5.41) is 18.8. The first-order valence-electron chi connectivity index (χ1n) is 16.2. The van der Waals surface area contributed by atoms with Gasteiger partial charge in [-0.25, -0.2) is 18.4 Å². The largest absolute Gasteiger partial charge is 0.481 e. The molecule has 0 amide bonds. The van der Waals surface area contributed by atoms with Crippen LogP contribution in [0.2, 0.25) is 0 Å². The summed E-state index contributed by atoms with van der Waals surface area (Å²) in [6, 6.07) is 15.5. The van der Waals surface area contributed by atoms with E-state index in [1.807, 2.05) is 30.5 Å². The number of aryl methyl sites for hydroxylation is 2. The molecule has 6 bridgehead atoms. The quantitative estimate of drug-likeness (QED) is 0.178. The molecule has 3 aromatic heterocycles. The fourth-order valence-electron chi connectivity index (χ4n) is 6.62. The van der Waals surface area contributed by atoms with Crippen LogP contribution in [0.1, 0.15) is 67.6 Å². The molecule has 0 saturated carbocycles. The number of carboxylic acid groups (broad SMARTS) is 1. The number of ether oxygens (including phenoxy) is 1. The molecule has 48 heavy (non-hydrogen) atoms. The molecule has 0 aliphatic carbocycles. The summed E-state index contributed by atoms with van der Waals surface area (Å²) in [5.74, 6) is -0.972. The van der Waals surface area contributed by atoms with Crippen molar-refractivity contribution in [3.05, 3.63) is 113 Å². The van der Waals surface area contributed by atoms with E-state index in [9.17, 15) is 9.90 Å². The van der Waals surface area contributed by atoms with Crippen molar-refractivity contribution in [2.75, 3.05) is 0 Å². The van der Waals surface area contributed by atoms with Crippen molar-refractivity contribution >= 4 is 16.9 Å². The third kappa shape index (κ3) is 6.20. The Hall–Kier alpha value is -5.32. The summed E-state index contributed by atoms with van der Waals surface area (Å²) in [6.45, 7) is 4.58. The number of nitrogens with zero attached hydrogens (tertiary/aromatic N) is 4. The maximum absolute atomic E-state index is 15.7. The van der Waals surface area contributed by atoms with Gasteiger partial charge in [-0.3, -0.25) is 4.79 Å². The van der Waals surface area contributed by atoms with Crippen LogP contribution in [0.15, 0.2) is 73.2 Å². The number of rotatable bonds is 4. The van der Waals surface area contributed by atoms with E-state index in [1.165, 1.54) is 24.3 Å². The molecule has 246 valence electrons. The highest BCUT2D eigenvalue weighted by atomic mass is 19.1. The number of carbonyl (C=O) groups is 1. The van der Waals surface area contributed by atoms with Gasteiger partial charge in [0.2, 0.25) is 0 Å². The van der Waals surface area contributed by atoms with E-state index in [1.54, 1.807) is 17.1 Å². The number of H-pyrrole nitrogens is 2. The number of aliphatic carboxylic acids is 1. The number of hydrogen-bond acceptors (Lipinski definition) is 5. The number of hydrogen-bond donors (Lipinski definition) is 3. The zero-order valence-electron chi connectivity index (χ0n) is 26.8. The Labute approximate surface area is 276 Å². The number of aromatic amines is 2. The van der Waals surface area contributed by atoms with Gasteiger partial charge in [-0.1, -0.05) is 36.4 Å². The van der Waals surface area contributed by atoms with Crippen LogP contribution in [0.25, 0.3) is 22.3 Å². The highest BCUT2D eigenvalue weighted by Crippen LogP contribution is 2.40. The zero-order chi connectivity index (χ0) is 33.4. The number of imidazole rings is 1. The average molecular weight is 651 g/mol. The highest BCUT2D eigenvalue weighted by Gasteiger charge is 2.32. The van der Waals surface area contributed by atoms with Crippen molar-refractivity contribution < 1.29 is 23.4 Å². The van der Waals surface area contributed by atoms with Crippen molar-refractivity contribution in [1.82, 2.24) is 29.9 Å². The Bertz CT molecular complexity index is 2120. The Morgan fingerprint density at radius 2 is 2.00 bits per heavy atom. The molecule has 9 nitrogen and oxygen atoms in total. The molecule has 11 heteroatoms. The first kappa shape index (κ1) is 31.3. The predicted octanol–water partition coefficient (Wildman–Crippen LogP) is 7.95. The fourth-order valence-corrected chi connectivity index (χ4v) is 6.62. The molecule has 2 unspecified atom stereocenters. The number of benzene rings is 3. The third-order valence-corrected chi connectivity index (χ3v) is 9.58. The van der Waals surface area contributed by atoms with Gasteiger partial charge in [0, 0.05) is 58.7 Å². The van der Waals surface area contributed by atoms with Crippen molar-refractivity contribution in [2.24, 2.45) is 5.92 Å². The number of halogens is 2. The smallest absolute Gasteiger partial charge is 0.303 e. The van der Waals surface area contributed by atoms with Gasteiger partial charge < -0.3 is 19.8 Å². The normalized spacial score (nSPS) is 18.4. The molecule has 4 heterocycles. The molecule has 2 atom stereocenters. The molecular weight excluding hydrogens is 614 g/mol. The van der Waals surface area contributed by atoms with Crippen LogP contribution < -0.4 is 4.74 Å². The molecule has 0 spiro atoms. The van der Waals surface area contributed by atoms with E-state index < -0.39 is 23.0 Å². The van der Waals surface area contributed by atoms with E-state index in [0.29, 0.717) is 29.2 Å². The van der Waals surface area contributed by atoms with E-state index in [4.69, 9.17) is 4.74 Å². The van der Waals surface area contributed by atoms with Gasteiger partial charge in [0.1, 0.15) is 17.4 Å². The van der Waals surface area contributed by atoms with E-state index in [0.717, 1.165) is 53.6 Å². The van der Waals surface area contributed by atoms with Crippen molar-refractivity contribution in [1.29, 1.82) is 0 Å². The van der Waals surface area contributed by atoms with Crippen molar-refractivity contribution in [3.63, 3.8) is 0 Å². The molecule has 0 fully saturated rings. The summed E-state index contributed by atoms with van der Waals surface area (Å²) in [5.41, 5.74) is 4.46. The van der Waals surface area contributed by atoms with Crippen LogP contribution in [0.3, 0.4) is 0 Å². The lowest BCUT2D eigenvalue weighted by atomic mass is 9.74. The number of carboxylic acids is 1. The molecular formula is C37H36F2N6O3. The first-order chi connectivity index (χ1) is 23.2. The van der Waals surface area contributed by atoms with Crippen LogP contribution in [0.5, 0.6) is 11.5 Å². The zero-order valence-corrected chi connectivity index (χ0v) is 26.8. The molecule has 0 saturated heterocycles. The van der Waals surface area contributed by atoms with E-state index in [2.05, 4.69) is 45.2 Å². The topological polar surface area (TPSA) is 122 Å². The van der Waals surface area contributed by atoms with Crippen molar-refractivity contribution in [3.8, 4) is 22.9 Å². The Kier molecular flexibility index (Phi) is 8.28. The first-order valence-corrected chi connectivity index (χ1v) is 16.2. The minimum Gasteiger partial charge on any atom is -0.481 e.